The number of benzene rings is 3. The zero-order chi connectivity index (χ0) is 25.3. The van der Waals surface area contributed by atoms with Gasteiger partial charge in [-0.05, 0) is 42.0 Å². The van der Waals surface area contributed by atoms with Crippen molar-refractivity contribution in [3.63, 3.8) is 0 Å². The van der Waals surface area contributed by atoms with E-state index in [1.54, 1.807) is 41.2 Å². The van der Waals surface area contributed by atoms with Gasteiger partial charge in [0.15, 0.2) is 0 Å². The van der Waals surface area contributed by atoms with E-state index in [0.29, 0.717) is 12.2 Å². The molecule has 0 unspecified atom stereocenters. The third-order valence-corrected chi connectivity index (χ3v) is 5.65. The van der Waals surface area contributed by atoms with Crippen LogP contribution in [0.5, 0.6) is 0 Å². The number of nitrogens with zero attached hydrogens (tertiary/aromatic N) is 3. The number of anilines is 1. The van der Waals surface area contributed by atoms with E-state index in [9.17, 15) is 22.8 Å². The van der Waals surface area contributed by atoms with Crippen LogP contribution < -0.4 is 10.9 Å². The predicted octanol–water partition coefficient (Wildman–Crippen LogP) is 5.46. The van der Waals surface area contributed by atoms with E-state index >= 15 is 0 Å². The standard InChI is InChI=1S/C27H19F3N4O2/c28-27(29,30)19-11-13-20(14-12-19)31-25(35)22-16-33(15-18-7-3-1-4-8-18)17-23-24(22)32-34(26(23)36)21-9-5-2-6-10-21/h1-14,16-17H,15H2,(H,31,35). The molecule has 6 nitrogen and oxygen atoms in total. The number of pyridine rings is 1. The van der Waals surface area contributed by atoms with E-state index in [0.717, 1.165) is 17.7 Å². The number of aromatic nitrogens is 3. The van der Waals surface area contributed by atoms with Crippen LogP contribution in [0.2, 0.25) is 0 Å². The Kier molecular flexibility index (Phi) is 5.89. The minimum atomic E-state index is -4.48. The Morgan fingerprint density at radius 2 is 1.50 bits per heavy atom. The van der Waals surface area contributed by atoms with Gasteiger partial charge < -0.3 is 9.88 Å². The van der Waals surface area contributed by atoms with Crippen molar-refractivity contribution in [3.8, 4) is 16.9 Å². The van der Waals surface area contributed by atoms with Crippen molar-refractivity contribution in [2.24, 2.45) is 0 Å². The third-order valence-electron chi connectivity index (χ3n) is 5.65. The molecule has 1 amide bonds. The molecule has 0 spiro atoms. The van der Waals surface area contributed by atoms with E-state index in [4.69, 9.17) is 0 Å². The van der Waals surface area contributed by atoms with Crippen molar-refractivity contribution < 1.29 is 18.0 Å². The van der Waals surface area contributed by atoms with Gasteiger partial charge in [-0.15, -0.1) is 0 Å². The number of hydrogen-bond acceptors (Lipinski definition) is 3. The highest BCUT2D eigenvalue weighted by atomic mass is 19.4. The molecule has 3 aromatic rings. The molecule has 2 aliphatic rings. The SMILES string of the molecule is O=C(Nc1ccc(C(F)(F)F)cc1)c1cn(Cc2ccccc2)cc2c(=O)n(-c3ccccc3)nc1-2. The third kappa shape index (κ3) is 4.63. The lowest BCUT2D eigenvalue weighted by Gasteiger charge is -2.13. The van der Waals surface area contributed by atoms with Crippen LogP contribution in [0.1, 0.15) is 21.5 Å². The number of amides is 1. The first-order valence-electron chi connectivity index (χ1n) is 11.0. The number of alkyl halides is 3. The second-order valence-electron chi connectivity index (χ2n) is 8.17. The average Bonchev–Trinajstić information content (AvgIpc) is 3.21. The first-order chi connectivity index (χ1) is 17.3. The Hall–Kier alpha value is -4.66. The largest absolute Gasteiger partial charge is 0.416 e. The summed E-state index contributed by atoms with van der Waals surface area (Å²) < 4.78 is 41.6. The molecular weight excluding hydrogens is 469 g/mol. The minimum absolute atomic E-state index is 0.120. The van der Waals surface area contributed by atoms with Crippen molar-refractivity contribution in [1.82, 2.24) is 14.3 Å². The lowest BCUT2D eigenvalue weighted by atomic mass is 10.1. The van der Waals surface area contributed by atoms with Gasteiger partial charge in [0.2, 0.25) is 0 Å². The molecule has 0 saturated carbocycles. The van der Waals surface area contributed by atoms with Gasteiger partial charge in [-0.2, -0.15) is 23.0 Å². The Morgan fingerprint density at radius 1 is 0.861 bits per heavy atom. The number of fused-ring (bicyclic) bond motifs is 1. The molecule has 2 aliphatic heterocycles. The number of nitrogens with one attached hydrogen (secondary N) is 1. The molecule has 3 aromatic carbocycles. The van der Waals surface area contributed by atoms with Crippen molar-refractivity contribution in [2.45, 2.75) is 12.7 Å². The molecule has 0 saturated heterocycles. The molecule has 5 rings (SSSR count). The van der Waals surface area contributed by atoms with Crippen LogP contribution in [-0.4, -0.2) is 20.3 Å². The number of carbonyl (C=O) groups excluding carboxylic acids is 1. The fraction of sp³-hybridized carbons (Fsp3) is 0.0741. The van der Waals surface area contributed by atoms with E-state index in [1.165, 1.54) is 16.8 Å². The zero-order valence-corrected chi connectivity index (χ0v) is 18.7. The van der Waals surface area contributed by atoms with Crippen LogP contribution >= 0.6 is 0 Å². The number of hydrogen-bond donors (Lipinski definition) is 1. The first kappa shape index (κ1) is 23.1. The van der Waals surface area contributed by atoms with Crippen LogP contribution in [0.15, 0.2) is 102 Å². The fourth-order valence-corrected chi connectivity index (χ4v) is 3.90. The second-order valence-corrected chi connectivity index (χ2v) is 8.17. The quantitative estimate of drug-likeness (QED) is 0.357. The van der Waals surface area contributed by atoms with Gasteiger partial charge in [-0.1, -0.05) is 48.5 Å². The van der Waals surface area contributed by atoms with E-state index < -0.39 is 17.6 Å². The zero-order valence-electron chi connectivity index (χ0n) is 18.7. The fourth-order valence-electron chi connectivity index (χ4n) is 3.90. The molecule has 0 atom stereocenters. The van der Waals surface area contributed by atoms with Crippen molar-refractivity contribution >= 4 is 11.6 Å². The summed E-state index contributed by atoms with van der Waals surface area (Å²) in [4.78, 5) is 26.5. The van der Waals surface area contributed by atoms with Crippen molar-refractivity contribution in [1.29, 1.82) is 0 Å². The maximum atomic E-state index is 13.3. The number of halogens is 3. The highest BCUT2D eigenvalue weighted by Crippen LogP contribution is 2.30. The van der Waals surface area contributed by atoms with Gasteiger partial charge in [0.1, 0.15) is 5.69 Å². The molecule has 0 aliphatic carbocycles. The summed E-state index contributed by atoms with van der Waals surface area (Å²) in [6.45, 7) is 0.396. The van der Waals surface area contributed by atoms with Crippen LogP contribution in [-0.2, 0) is 12.7 Å². The molecule has 0 aromatic heterocycles. The lowest BCUT2D eigenvalue weighted by Crippen LogP contribution is -2.18. The molecule has 1 N–H and O–H groups in total. The molecule has 0 radical (unpaired) electrons. The van der Waals surface area contributed by atoms with Gasteiger partial charge in [0, 0.05) is 24.6 Å². The maximum Gasteiger partial charge on any atom is 0.416 e. The molecule has 36 heavy (non-hydrogen) atoms. The maximum absolute atomic E-state index is 13.3. The van der Waals surface area contributed by atoms with Gasteiger partial charge in [-0.3, -0.25) is 9.59 Å². The lowest BCUT2D eigenvalue weighted by molar-refractivity contribution is -0.137. The average molecular weight is 488 g/mol. The highest BCUT2D eigenvalue weighted by Gasteiger charge is 2.30. The smallest absolute Gasteiger partial charge is 0.348 e. The number of para-hydroxylation sites is 1. The van der Waals surface area contributed by atoms with Crippen molar-refractivity contribution in [2.75, 3.05) is 5.32 Å². The normalized spacial score (nSPS) is 11.5. The summed E-state index contributed by atoms with van der Waals surface area (Å²) in [5.74, 6) is -0.597. The summed E-state index contributed by atoms with van der Waals surface area (Å²) in [6, 6.07) is 22.5. The summed E-state index contributed by atoms with van der Waals surface area (Å²) in [5, 5.41) is 7.04. The van der Waals surface area contributed by atoms with Crippen LogP contribution in [0, 0.1) is 0 Å². The van der Waals surface area contributed by atoms with E-state index in [2.05, 4.69) is 10.4 Å². The Balaban J connectivity index is 1.57. The molecule has 0 bridgehead atoms. The highest BCUT2D eigenvalue weighted by molar-refractivity contribution is 6.08. The first-order valence-corrected chi connectivity index (χ1v) is 11.0. The number of carbonyl (C=O) groups is 1. The van der Waals surface area contributed by atoms with Crippen LogP contribution in [0.25, 0.3) is 16.9 Å². The van der Waals surface area contributed by atoms with Crippen LogP contribution in [0.3, 0.4) is 0 Å². The van der Waals surface area contributed by atoms with E-state index in [-0.39, 0.29) is 28.1 Å². The summed E-state index contributed by atoms with van der Waals surface area (Å²) >= 11 is 0. The summed E-state index contributed by atoms with van der Waals surface area (Å²) in [6.07, 6.45) is -1.26. The molecule has 9 heteroatoms. The van der Waals surface area contributed by atoms with E-state index in [1.807, 2.05) is 36.4 Å². The van der Waals surface area contributed by atoms with Gasteiger partial charge in [0.05, 0.1) is 22.4 Å². The Morgan fingerprint density at radius 3 is 2.14 bits per heavy atom. The number of rotatable bonds is 5. The summed E-state index contributed by atoms with van der Waals surface area (Å²) in [7, 11) is 0. The molecular formula is C27H19F3N4O2. The predicted molar refractivity (Wildman–Crippen MR) is 129 cm³/mol. The monoisotopic (exact) mass is 488 g/mol. The Labute approximate surface area is 203 Å². The Bertz CT molecular complexity index is 1540. The van der Waals surface area contributed by atoms with Gasteiger partial charge in [0.25, 0.3) is 11.5 Å². The van der Waals surface area contributed by atoms with Crippen LogP contribution in [0.4, 0.5) is 18.9 Å². The van der Waals surface area contributed by atoms with Gasteiger partial charge in [-0.25, -0.2) is 0 Å². The molecule has 2 heterocycles. The van der Waals surface area contributed by atoms with Gasteiger partial charge >= 0.3 is 6.18 Å². The molecule has 0 fully saturated rings. The minimum Gasteiger partial charge on any atom is -0.348 e. The molecule has 180 valence electrons. The van der Waals surface area contributed by atoms with Crippen molar-refractivity contribution in [3.05, 3.63) is 124 Å². The topological polar surface area (TPSA) is 68.9 Å². The second kappa shape index (κ2) is 9.18. The summed E-state index contributed by atoms with van der Waals surface area (Å²) in [5.41, 5.74) is 1.04.